The summed E-state index contributed by atoms with van der Waals surface area (Å²) in [6, 6.07) is 0. The number of rotatable bonds is 8. The molecule has 1 aliphatic rings. The van der Waals surface area contributed by atoms with E-state index in [0.29, 0.717) is 31.4 Å². The molecule has 0 amide bonds. The van der Waals surface area contributed by atoms with Crippen LogP contribution in [-0.2, 0) is 16.6 Å². The normalized spacial score (nSPS) is 16.2. The minimum absolute atomic E-state index is 0.282. The molecule has 0 bridgehead atoms. The van der Waals surface area contributed by atoms with Crippen LogP contribution in [0.4, 0.5) is 0 Å². The summed E-state index contributed by atoms with van der Waals surface area (Å²) in [5.74, 6) is 1.09. The number of hydrogen-bond donors (Lipinski definition) is 0. The van der Waals surface area contributed by atoms with Gasteiger partial charge in [0, 0.05) is 31.7 Å². The van der Waals surface area contributed by atoms with Crippen molar-refractivity contribution in [2.75, 3.05) is 19.0 Å². The van der Waals surface area contributed by atoms with Gasteiger partial charge in [-0.05, 0) is 25.2 Å². The maximum absolute atomic E-state index is 12.5. The van der Waals surface area contributed by atoms with Crippen LogP contribution < -0.4 is 0 Å². The summed E-state index contributed by atoms with van der Waals surface area (Å²) in [6.45, 7) is 3.66. The maximum Gasteiger partial charge on any atom is 0.246 e. The second-order valence-corrected chi connectivity index (χ2v) is 7.20. The van der Waals surface area contributed by atoms with Gasteiger partial charge >= 0.3 is 0 Å². The Hall–Kier alpha value is -0.590. The SMILES string of the molecule is CCN(CC1CC1)S(=O)(=O)c1cnn(CCCCl)c1. The van der Waals surface area contributed by atoms with E-state index in [0.717, 1.165) is 19.3 Å². The molecule has 0 unspecified atom stereocenters. The Kier molecular flexibility index (Phi) is 4.86. The van der Waals surface area contributed by atoms with E-state index in [9.17, 15) is 8.42 Å². The molecule has 2 rings (SSSR count). The Bertz CT molecular complexity index is 511. The fourth-order valence-electron chi connectivity index (χ4n) is 1.96. The molecule has 1 fully saturated rings. The van der Waals surface area contributed by atoms with Gasteiger partial charge in [-0.3, -0.25) is 4.68 Å². The molecule has 19 heavy (non-hydrogen) atoms. The number of sulfonamides is 1. The van der Waals surface area contributed by atoms with Gasteiger partial charge in [0.2, 0.25) is 10.0 Å². The summed E-state index contributed by atoms with van der Waals surface area (Å²) in [5.41, 5.74) is 0. The number of aromatic nitrogens is 2. The Morgan fingerprint density at radius 3 is 2.84 bits per heavy atom. The summed E-state index contributed by atoms with van der Waals surface area (Å²) >= 11 is 5.62. The summed E-state index contributed by atoms with van der Waals surface area (Å²) in [5, 5.41) is 4.08. The molecule has 108 valence electrons. The van der Waals surface area contributed by atoms with E-state index in [4.69, 9.17) is 11.6 Å². The molecule has 0 aromatic carbocycles. The van der Waals surface area contributed by atoms with E-state index in [1.807, 2.05) is 6.92 Å². The monoisotopic (exact) mass is 305 g/mol. The number of halogens is 1. The average Bonchev–Trinajstić information content (AvgIpc) is 3.08. The van der Waals surface area contributed by atoms with Gasteiger partial charge in [0.15, 0.2) is 0 Å². The predicted molar refractivity (Wildman–Crippen MR) is 74.7 cm³/mol. The van der Waals surface area contributed by atoms with Crippen LogP contribution in [-0.4, -0.2) is 41.5 Å². The van der Waals surface area contributed by atoms with Crippen LogP contribution >= 0.6 is 11.6 Å². The molecule has 7 heteroatoms. The Morgan fingerprint density at radius 2 is 2.26 bits per heavy atom. The lowest BCUT2D eigenvalue weighted by atomic mass is 10.4. The van der Waals surface area contributed by atoms with E-state index in [2.05, 4.69) is 5.10 Å². The first-order valence-corrected chi connectivity index (χ1v) is 8.64. The Balaban J connectivity index is 2.10. The van der Waals surface area contributed by atoms with Crippen molar-refractivity contribution < 1.29 is 8.42 Å². The zero-order valence-corrected chi connectivity index (χ0v) is 12.7. The zero-order chi connectivity index (χ0) is 13.9. The average molecular weight is 306 g/mol. The molecule has 0 radical (unpaired) electrons. The van der Waals surface area contributed by atoms with Gasteiger partial charge in [0.05, 0.1) is 6.20 Å². The van der Waals surface area contributed by atoms with Gasteiger partial charge in [0.25, 0.3) is 0 Å². The second-order valence-electron chi connectivity index (χ2n) is 4.88. The van der Waals surface area contributed by atoms with Crippen molar-refractivity contribution in [3.63, 3.8) is 0 Å². The first-order valence-electron chi connectivity index (χ1n) is 6.66. The molecule has 1 aliphatic carbocycles. The van der Waals surface area contributed by atoms with E-state index in [1.165, 1.54) is 6.20 Å². The molecule has 1 aromatic rings. The highest BCUT2D eigenvalue weighted by atomic mass is 35.5. The minimum Gasteiger partial charge on any atom is -0.271 e. The van der Waals surface area contributed by atoms with Gasteiger partial charge in [-0.2, -0.15) is 9.40 Å². The first-order chi connectivity index (χ1) is 9.07. The fourth-order valence-corrected chi connectivity index (χ4v) is 3.56. The quantitative estimate of drug-likeness (QED) is 0.690. The third kappa shape index (κ3) is 3.70. The largest absolute Gasteiger partial charge is 0.271 e. The van der Waals surface area contributed by atoms with E-state index in [-0.39, 0.29) is 4.90 Å². The Morgan fingerprint density at radius 1 is 1.53 bits per heavy atom. The lowest BCUT2D eigenvalue weighted by molar-refractivity contribution is 0.412. The lowest BCUT2D eigenvalue weighted by Crippen LogP contribution is -2.32. The molecular formula is C12H20ClN3O2S. The maximum atomic E-state index is 12.5. The molecule has 1 heterocycles. The highest BCUT2D eigenvalue weighted by molar-refractivity contribution is 7.89. The van der Waals surface area contributed by atoms with Crippen LogP contribution in [0.3, 0.4) is 0 Å². The van der Waals surface area contributed by atoms with Gasteiger partial charge in [-0.25, -0.2) is 8.42 Å². The van der Waals surface area contributed by atoms with Crippen molar-refractivity contribution in [1.29, 1.82) is 0 Å². The topological polar surface area (TPSA) is 55.2 Å². The van der Waals surface area contributed by atoms with Crippen LogP contribution in [0.1, 0.15) is 26.2 Å². The molecular weight excluding hydrogens is 286 g/mol. The van der Waals surface area contributed by atoms with Gasteiger partial charge in [0.1, 0.15) is 4.90 Å². The first kappa shape index (κ1) is 14.8. The van der Waals surface area contributed by atoms with E-state index in [1.54, 1.807) is 15.2 Å². The highest BCUT2D eigenvalue weighted by Gasteiger charge is 2.31. The third-order valence-corrected chi connectivity index (χ3v) is 5.44. The summed E-state index contributed by atoms with van der Waals surface area (Å²) in [7, 11) is -3.39. The molecule has 0 aliphatic heterocycles. The van der Waals surface area contributed by atoms with Crippen molar-refractivity contribution >= 4 is 21.6 Å². The van der Waals surface area contributed by atoms with Crippen molar-refractivity contribution in [2.45, 2.75) is 37.6 Å². The zero-order valence-electron chi connectivity index (χ0n) is 11.1. The molecule has 0 saturated heterocycles. The van der Waals surface area contributed by atoms with Crippen LogP contribution in [0.15, 0.2) is 17.3 Å². The van der Waals surface area contributed by atoms with Crippen molar-refractivity contribution in [3.05, 3.63) is 12.4 Å². The molecule has 0 N–H and O–H groups in total. The van der Waals surface area contributed by atoms with E-state index >= 15 is 0 Å². The lowest BCUT2D eigenvalue weighted by Gasteiger charge is -2.19. The minimum atomic E-state index is -3.39. The van der Waals surface area contributed by atoms with Gasteiger partial charge in [-0.1, -0.05) is 6.92 Å². The van der Waals surface area contributed by atoms with Crippen molar-refractivity contribution in [2.24, 2.45) is 5.92 Å². The van der Waals surface area contributed by atoms with Gasteiger partial charge < -0.3 is 0 Å². The third-order valence-electron chi connectivity index (χ3n) is 3.28. The van der Waals surface area contributed by atoms with Crippen molar-refractivity contribution in [3.8, 4) is 0 Å². The fraction of sp³-hybridized carbons (Fsp3) is 0.750. The van der Waals surface area contributed by atoms with Crippen molar-refractivity contribution in [1.82, 2.24) is 14.1 Å². The highest BCUT2D eigenvalue weighted by Crippen LogP contribution is 2.31. The summed E-state index contributed by atoms with van der Waals surface area (Å²) in [6.07, 6.45) is 6.08. The predicted octanol–water partition coefficient (Wildman–Crippen LogP) is 1.93. The number of nitrogens with zero attached hydrogens (tertiary/aromatic N) is 3. The molecule has 1 aromatic heterocycles. The smallest absolute Gasteiger partial charge is 0.246 e. The Labute approximate surface area is 119 Å². The molecule has 0 spiro atoms. The van der Waals surface area contributed by atoms with Gasteiger partial charge in [-0.15, -0.1) is 11.6 Å². The van der Waals surface area contributed by atoms with Crippen LogP contribution in [0.2, 0.25) is 0 Å². The van der Waals surface area contributed by atoms with Crippen LogP contribution in [0, 0.1) is 5.92 Å². The number of hydrogen-bond acceptors (Lipinski definition) is 3. The summed E-state index contributed by atoms with van der Waals surface area (Å²) < 4.78 is 28.1. The van der Waals surface area contributed by atoms with Crippen LogP contribution in [0.5, 0.6) is 0 Å². The van der Waals surface area contributed by atoms with Crippen LogP contribution in [0.25, 0.3) is 0 Å². The molecule has 0 atom stereocenters. The molecule has 5 nitrogen and oxygen atoms in total. The standard InChI is InChI=1S/C12H20ClN3O2S/c1-2-16(9-11-4-5-11)19(17,18)12-8-14-15(10-12)7-3-6-13/h8,10-11H,2-7,9H2,1H3. The summed E-state index contributed by atoms with van der Waals surface area (Å²) in [4.78, 5) is 0.282. The molecule has 1 saturated carbocycles. The second kappa shape index (κ2) is 6.24. The number of alkyl halides is 1. The van der Waals surface area contributed by atoms with E-state index < -0.39 is 10.0 Å². The number of aryl methyl sites for hydroxylation is 1.